The number of phenols is 2. The maximum absolute atomic E-state index is 12.1. The molecule has 0 saturated carbocycles. The first-order valence-corrected chi connectivity index (χ1v) is 12.7. The number of aliphatic carboxylic acids is 2. The van der Waals surface area contributed by atoms with Crippen LogP contribution in [-0.4, -0.2) is 108 Å². The van der Waals surface area contributed by atoms with Crippen LogP contribution in [0.15, 0.2) is 59.3 Å². The topological polar surface area (TPSA) is 276 Å². The van der Waals surface area contributed by atoms with E-state index in [0.717, 1.165) is 18.2 Å². The summed E-state index contributed by atoms with van der Waals surface area (Å²) >= 11 is 0. The monoisotopic (exact) mass is 622 g/mol. The fraction of sp³-hybridized carbons (Fsp3) is 0.333. The van der Waals surface area contributed by atoms with E-state index in [1.54, 1.807) is 0 Å². The summed E-state index contributed by atoms with van der Waals surface area (Å²) < 4.78 is 27.1. The van der Waals surface area contributed by atoms with Crippen LogP contribution in [0.2, 0.25) is 0 Å². The Bertz CT molecular complexity index is 1470. The molecule has 17 heteroatoms. The van der Waals surface area contributed by atoms with Crippen LogP contribution in [0.1, 0.15) is 18.4 Å². The van der Waals surface area contributed by atoms with Crippen molar-refractivity contribution in [2.45, 2.75) is 49.7 Å². The number of carboxylic acids is 2. The van der Waals surface area contributed by atoms with Gasteiger partial charge in [0.25, 0.3) is 0 Å². The molecule has 1 unspecified atom stereocenters. The number of fused-ring (bicyclic) bond motifs is 1. The second-order valence-electron chi connectivity index (χ2n) is 9.58. The Hall–Kier alpha value is -5.26. The van der Waals surface area contributed by atoms with E-state index in [9.17, 15) is 49.8 Å². The maximum Gasteiger partial charge on any atom is 0.317 e. The molecule has 1 aliphatic carbocycles. The smallest absolute Gasteiger partial charge is 0.317 e. The van der Waals surface area contributed by atoms with Crippen LogP contribution in [0.5, 0.6) is 11.5 Å². The Labute approximate surface area is 246 Å². The van der Waals surface area contributed by atoms with Crippen LogP contribution < -0.4 is 0 Å². The molecule has 1 fully saturated rings. The number of aromatic hydroxyl groups is 2. The van der Waals surface area contributed by atoms with E-state index in [2.05, 4.69) is 0 Å². The third-order valence-electron chi connectivity index (χ3n) is 6.35. The Morgan fingerprint density at radius 2 is 1.55 bits per heavy atom. The van der Waals surface area contributed by atoms with Crippen LogP contribution in [0.3, 0.4) is 0 Å². The first kappa shape index (κ1) is 31.7. The number of esters is 2. The highest BCUT2D eigenvalue weighted by Gasteiger charge is 2.49. The van der Waals surface area contributed by atoms with Crippen molar-refractivity contribution >= 4 is 29.6 Å². The van der Waals surface area contributed by atoms with E-state index < -0.39 is 97.4 Å². The van der Waals surface area contributed by atoms with Gasteiger partial charge in [-0.25, -0.2) is 0 Å². The van der Waals surface area contributed by atoms with Crippen molar-refractivity contribution in [2.75, 3.05) is 6.61 Å². The molecule has 0 spiro atoms. The van der Waals surface area contributed by atoms with E-state index in [0.29, 0.717) is 0 Å². The number of carboxylic acid groups (broad SMARTS) is 2. The van der Waals surface area contributed by atoms with Gasteiger partial charge < -0.3 is 64.5 Å². The van der Waals surface area contributed by atoms with Crippen LogP contribution in [0.25, 0.3) is 5.76 Å². The van der Waals surface area contributed by atoms with Gasteiger partial charge in [0.05, 0.1) is 0 Å². The molecule has 0 amide bonds. The SMILES string of the molecule is O=C(O)CC(=O)OC[C@H]1O[C@@H](OC2=C(c3ccc(O)c(O)c3)OC3C=C(O)C=C(O)C3=C2)[C@H](O)[C@@H](OC(=O)CC(=O)O)[C@@H]1O. The number of allylic oxidation sites excluding steroid dienone is 2. The third-order valence-corrected chi connectivity index (χ3v) is 6.35. The van der Waals surface area contributed by atoms with Crippen LogP contribution in [-0.2, 0) is 42.9 Å². The van der Waals surface area contributed by atoms with Crippen molar-refractivity contribution in [2.24, 2.45) is 0 Å². The summed E-state index contributed by atoms with van der Waals surface area (Å²) in [7, 11) is 0. The van der Waals surface area contributed by atoms with Crippen molar-refractivity contribution in [3.63, 3.8) is 0 Å². The zero-order valence-corrected chi connectivity index (χ0v) is 22.3. The molecule has 1 aromatic carbocycles. The van der Waals surface area contributed by atoms with Crippen molar-refractivity contribution < 1.29 is 83.7 Å². The van der Waals surface area contributed by atoms with Gasteiger partial charge in [0.2, 0.25) is 6.29 Å². The van der Waals surface area contributed by atoms with Crippen LogP contribution in [0, 0.1) is 0 Å². The van der Waals surface area contributed by atoms with Crippen molar-refractivity contribution in [1.29, 1.82) is 0 Å². The molecule has 2 aliphatic heterocycles. The van der Waals surface area contributed by atoms with Gasteiger partial charge in [-0.15, -0.1) is 0 Å². The average molecular weight is 622 g/mol. The first-order chi connectivity index (χ1) is 20.7. The molecule has 0 aromatic heterocycles. The fourth-order valence-electron chi connectivity index (χ4n) is 4.34. The molecule has 4 rings (SSSR count). The lowest BCUT2D eigenvalue weighted by atomic mass is 9.96. The summed E-state index contributed by atoms with van der Waals surface area (Å²) in [6.45, 7) is -0.822. The molecule has 6 atom stereocenters. The number of phenolic OH excluding ortho intramolecular Hbond substituents is 2. The summed E-state index contributed by atoms with van der Waals surface area (Å²) in [6, 6.07) is 3.50. The summed E-state index contributed by atoms with van der Waals surface area (Å²) in [6.07, 6.45) is -9.23. The predicted octanol–water partition coefficient (Wildman–Crippen LogP) is -0.143. The molecule has 17 nitrogen and oxygen atoms in total. The minimum Gasteiger partial charge on any atom is -0.508 e. The van der Waals surface area contributed by atoms with Gasteiger partial charge in [0, 0.05) is 23.3 Å². The molecule has 1 aromatic rings. The second-order valence-corrected chi connectivity index (χ2v) is 9.58. The molecule has 3 aliphatic rings. The number of benzene rings is 1. The van der Waals surface area contributed by atoms with Gasteiger partial charge >= 0.3 is 23.9 Å². The molecular formula is C27H26O17. The number of ether oxygens (including phenoxy) is 5. The van der Waals surface area contributed by atoms with Gasteiger partial charge in [-0.05, 0) is 24.3 Å². The van der Waals surface area contributed by atoms with E-state index in [-0.39, 0.29) is 28.4 Å². The Kier molecular flexibility index (Phi) is 9.32. The van der Waals surface area contributed by atoms with E-state index in [4.69, 9.17) is 33.9 Å². The molecule has 44 heavy (non-hydrogen) atoms. The van der Waals surface area contributed by atoms with Gasteiger partial charge in [0.1, 0.15) is 49.3 Å². The Balaban J connectivity index is 1.70. The average Bonchev–Trinajstić information content (AvgIpc) is 2.92. The fourth-order valence-corrected chi connectivity index (χ4v) is 4.34. The summed E-state index contributed by atoms with van der Waals surface area (Å²) in [4.78, 5) is 45.7. The van der Waals surface area contributed by atoms with Crippen LogP contribution >= 0.6 is 0 Å². The van der Waals surface area contributed by atoms with Crippen LogP contribution in [0.4, 0.5) is 0 Å². The number of hydrogen-bond donors (Lipinski definition) is 8. The lowest BCUT2D eigenvalue weighted by molar-refractivity contribution is -0.294. The molecule has 236 valence electrons. The predicted molar refractivity (Wildman–Crippen MR) is 138 cm³/mol. The van der Waals surface area contributed by atoms with Crippen molar-refractivity contribution in [3.05, 3.63) is 64.8 Å². The van der Waals surface area contributed by atoms with Gasteiger partial charge in [-0.1, -0.05) is 0 Å². The Morgan fingerprint density at radius 3 is 2.20 bits per heavy atom. The highest BCUT2D eigenvalue weighted by atomic mass is 16.7. The number of aliphatic hydroxyl groups excluding tert-OH is 4. The number of carbonyl (C=O) groups is 4. The normalized spacial score (nSPS) is 26.2. The third kappa shape index (κ3) is 7.20. The Morgan fingerprint density at radius 1 is 0.864 bits per heavy atom. The zero-order valence-electron chi connectivity index (χ0n) is 22.3. The quantitative estimate of drug-likeness (QED) is 0.0957. The standard InChI is InChI=1S/C27H26O17/c28-11-4-14(30)12-6-17(25(41-16(12)5-11)10-1-2-13(29)15(31)3-10)42-27-24(39)26(44-22(37)8-20(34)35)23(38)18(43-27)9-40-21(36)7-19(32)33/h1-6,16,18,23-24,26-31,38-39H,7-9H2,(H,32,33)(H,34,35)/t16?,18-,23-,24-,26+,27-/m1/s1. The molecule has 0 radical (unpaired) electrons. The largest absolute Gasteiger partial charge is 0.508 e. The van der Waals surface area contributed by atoms with Gasteiger partial charge in [-0.2, -0.15) is 0 Å². The van der Waals surface area contributed by atoms with Crippen molar-refractivity contribution in [3.8, 4) is 11.5 Å². The first-order valence-electron chi connectivity index (χ1n) is 12.7. The zero-order chi connectivity index (χ0) is 32.3. The minimum absolute atomic E-state index is 0.0541. The molecule has 2 heterocycles. The number of aliphatic hydroxyl groups is 4. The summed E-state index contributed by atoms with van der Waals surface area (Å²) in [5.74, 6) is -7.98. The van der Waals surface area contributed by atoms with Crippen molar-refractivity contribution in [1.82, 2.24) is 0 Å². The van der Waals surface area contributed by atoms with E-state index in [1.165, 1.54) is 18.2 Å². The van der Waals surface area contributed by atoms with Gasteiger partial charge in [-0.3, -0.25) is 19.2 Å². The second kappa shape index (κ2) is 12.9. The molecule has 0 bridgehead atoms. The summed E-state index contributed by atoms with van der Waals surface area (Å²) in [5, 5.41) is 79.6. The molecular weight excluding hydrogens is 596 g/mol. The lowest BCUT2D eigenvalue weighted by Crippen LogP contribution is -2.60. The summed E-state index contributed by atoms with van der Waals surface area (Å²) in [5.41, 5.74) is 0.139. The lowest BCUT2D eigenvalue weighted by Gasteiger charge is -2.42. The molecule has 8 N–H and O–H groups in total. The van der Waals surface area contributed by atoms with E-state index >= 15 is 0 Å². The number of rotatable bonds is 10. The van der Waals surface area contributed by atoms with E-state index in [1.807, 2.05) is 0 Å². The highest BCUT2D eigenvalue weighted by Crippen LogP contribution is 2.39. The minimum atomic E-state index is -2.04. The number of carbonyl (C=O) groups excluding carboxylic acids is 2. The highest BCUT2D eigenvalue weighted by molar-refractivity contribution is 5.90. The number of hydrogen-bond acceptors (Lipinski definition) is 15. The van der Waals surface area contributed by atoms with Gasteiger partial charge in [0.15, 0.2) is 35.2 Å². The maximum atomic E-state index is 12.1. The molecule has 1 saturated heterocycles.